The fraction of sp³-hybridized carbons (Fsp3) is 0.714. The molecule has 1 N–H and O–H groups in total. The highest BCUT2D eigenvalue weighted by molar-refractivity contribution is 5.26. The topological polar surface area (TPSA) is 37.8 Å². The van der Waals surface area contributed by atoms with Crippen molar-refractivity contribution in [1.29, 1.82) is 0 Å². The van der Waals surface area contributed by atoms with Gasteiger partial charge >= 0.3 is 0 Å². The van der Waals surface area contributed by atoms with E-state index in [0.717, 1.165) is 23.9 Å². The van der Waals surface area contributed by atoms with Gasteiger partial charge < -0.3 is 5.32 Å². The Hall–Kier alpha value is -1.12. The van der Waals surface area contributed by atoms with Crippen molar-refractivity contribution < 1.29 is 0 Å². The highest BCUT2D eigenvalue weighted by Crippen LogP contribution is 2.28. The van der Waals surface area contributed by atoms with Crippen LogP contribution in [0.1, 0.15) is 51.0 Å². The molecule has 3 heteroatoms. The lowest BCUT2D eigenvalue weighted by molar-refractivity contribution is 0.312. The summed E-state index contributed by atoms with van der Waals surface area (Å²) in [6.45, 7) is 4.27. The third-order valence-electron chi connectivity index (χ3n) is 3.75. The van der Waals surface area contributed by atoms with Crippen molar-refractivity contribution >= 4 is 5.95 Å². The molecule has 0 saturated heterocycles. The Morgan fingerprint density at radius 3 is 2.47 bits per heavy atom. The van der Waals surface area contributed by atoms with Gasteiger partial charge in [0, 0.05) is 18.4 Å². The molecule has 2 rings (SSSR count). The SMILES string of the molecule is CCC(Nc1ncc(C)cn1)C1CCCCC1. The number of nitrogens with one attached hydrogen (secondary N) is 1. The zero-order valence-corrected chi connectivity index (χ0v) is 10.9. The van der Waals surface area contributed by atoms with Gasteiger partial charge in [0.15, 0.2) is 0 Å². The number of anilines is 1. The summed E-state index contributed by atoms with van der Waals surface area (Å²) >= 11 is 0. The van der Waals surface area contributed by atoms with Gasteiger partial charge in [-0.3, -0.25) is 0 Å². The molecule has 1 aromatic heterocycles. The predicted molar refractivity (Wildman–Crippen MR) is 71.0 cm³/mol. The van der Waals surface area contributed by atoms with Crippen LogP contribution in [-0.2, 0) is 0 Å². The number of aromatic nitrogens is 2. The Labute approximate surface area is 104 Å². The van der Waals surface area contributed by atoms with Crippen LogP contribution >= 0.6 is 0 Å². The van der Waals surface area contributed by atoms with Gasteiger partial charge in [-0.15, -0.1) is 0 Å². The Morgan fingerprint density at radius 1 is 1.24 bits per heavy atom. The molecule has 1 aromatic rings. The average molecular weight is 233 g/mol. The van der Waals surface area contributed by atoms with Crippen LogP contribution in [-0.4, -0.2) is 16.0 Å². The van der Waals surface area contributed by atoms with Crippen LogP contribution in [0.3, 0.4) is 0 Å². The van der Waals surface area contributed by atoms with E-state index in [4.69, 9.17) is 0 Å². The van der Waals surface area contributed by atoms with Crippen LogP contribution in [0.5, 0.6) is 0 Å². The first-order chi connectivity index (χ1) is 8.29. The van der Waals surface area contributed by atoms with Crippen LogP contribution in [0.25, 0.3) is 0 Å². The van der Waals surface area contributed by atoms with Crippen molar-refractivity contribution in [3.63, 3.8) is 0 Å². The van der Waals surface area contributed by atoms with E-state index in [-0.39, 0.29) is 0 Å². The molecule has 1 saturated carbocycles. The minimum atomic E-state index is 0.540. The molecule has 3 nitrogen and oxygen atoms in total. The summed E-state index contributed by atoms with van der Waals surface area (Å²) in [7, 11) is 0. The van der Waals surface area contributed by atoms with Crippen molar-refractivity contribution in [2.24, 2.45) is 5.92 Å². The zero-order valence-electron chi connectivity index (χ0n) is 10.9. The fourth-order valence-corrected chi connectivity index (χ4v) is 2.72. The molecule has 0 aromatic carbocycles. The fourth-order valence-electron chi connectivity index (χ4n) is 2.72. The normalized spacial score (nSPS) is 18.9. The number of nitrogens with zero attached hydrogens (tertiary/aromatic N) is 2. The smallest absolute Gasteiger partial charge is 0.222 e. The van der Waals surface area contributed by atoms with Crippen molar-refractivity contribution in [3.05, 3.63) is 18.0 Å². The molecule has 1 heterocycles. The van der Waals surface area contributed by atoms with Crippen LogP contribution < -0.4 is 5.32 Å². The standard InChI is InChI=1S/C14H23N3/c1-3-13(12-7-5-4-6-8-12)17-14-15-9-11(2)10-16-14/h9-10,12-13H,3-8H2,1-2H3,(H,15,16,17). The van der Waals surface area contributed by atoms with Gasteiger partial charge in [0.25, 0.3) is 0 Å². The molecular formula is C14H23N3. The lowest BCUT2D eigenvalue weighted by Crippen LogP contribution is -2.30. The third-order valence-corrected chi connectivity index (χ3v) is 3.75. The molecule has 1 atom stereocenters. The van der Waals surface area contributed by atoms with Crippen molar-refractivity contribution in [2.45, 2.75) is 58.4 Å². The first-order valence-electron chi connectivity index (χ1n) is 6.84. The molecule has 1 aliphatic carbocycles. The molecule has 94 valence electrons. The number of hydrogen-bond donors (Lipinski definition) is 1. The van der Waals surface area contributed by atoms with Gasteiger partial charge in [0.05, 0.1) is 0 Å². The van der Waals surface area contributed by atoms with Crippen LogP contribution in [0.4, 0.5) is 5.95 Å². The number of rotatable bonds is 4. The van der Waals surface area contributed by atoms with E-state index in [1.54, 1.807) is 0 Å². The van der Waals surface area contributed by atoms with Crippen LogP contribution in [0.15, 0.2) is 12.4 Å². The maximum Gasteiger partial charge on any atom is 0.222 e. The molecule has 1 aliphatic rings. The second kappa shape index (κ2) is 5.99. The average Bonchev–Trinajstić information content (AvgIpc) is 2.39. The second-order valence-corrected chi connectivity index (χ2v) is 5.14. The van der Waals surface area contributed by atoms with Gasteiger partial charge in [-0.05, 0) is 37.7 Å². The zero-order chi connectivity index (χ0) is 12.1. The molecule has 0 amide bonds. The first-order valence-corrected chi connectivity index (χ1v) is 6.84. The third kappa shape index (κ3) is 3.42. The van der Waals surface area contributed by atoms with Crippen molar-refractivity contribution in [1.82, 2.24) is 9.97 Å². The monoisotopic (exact) mass is 233 g/mol. The Bertz CT molecular complexity index is 328. The van der Waals surface area contributed by atoms with Crippen molar-refractivity contribution in [3.8, 4) is 0 Å². The quantitative estimate of drug-likeness (QED) is 0.864. The highest BCUT2D eigenvalue weighted by Gasteiger charge is 2.22. The molecule has 0 aliphatic heterocycles. The van der Waals surface area contributed by atoms with Gasteiger partial charge in [0.2, 0.25) is 5.95 Å². The molecular weight excluding hydrogens is 210 g/mol. The van der Waals surface area contributed by atoms with E-state index in [2.05, 4.69) is 22.2 Å². The Morgan fingerprint density at radius 2 is 1.88 bits per heavy atom. The van der Waals surface area contributed by atoms with Gasteiger partial charge in [-0.25, -0.2) is 9.97 Å². The highest BCUT2D eigenvalue weighted by atomic mass is 15.1. The van der Waals surface area contributed by atoms with E-state index < -0.39 is 0 Å². The molecule has 1 unspecified atom stereocenters. The van der Waals surface area contributed by atoms with Gasteiger partial charge in [-0.1, -0.05) is 26.2 Å². The van der Waals surface area contributed by atoms with Crippen LogP contribution in [0.2, 0.25) is 0 Å². The molecule has 0 spiro atoms. The summed E-state index contributed by atoms with van der Waals surface area (Å²) in [4.78, 5) is 8.68. The number of aryl methyl sites for hydroxylation is 1. The minimum absolute atomic E-state index is 0.540. The summed E-state index contributed by atoms with van der Waals surface area (Å²) in [5, 5.41) is 3.50. The first kappa shape index (κ1) is 12.3. The Kier molecular flexibility index (Phi) is 4.35. The molecule has 17 heavy (non-hydrogen) atoms. The minimum Gasteiger partial charge on any atom is -0.351 e. The lowest BCUT2D eigenvalue weighted by Gasteiger charge is -2.30. The molecule has 1 fully saturated rings. The summed E-state index contributed by atoms with van der Waals surface area (Å²) in [6.07, 6.45) is 11.8. The van der Waals surface area contributed by atoms with Gasteiger partial charge in [0.1, 0.15) is 0 Å². The summed E-state index contributed by atoms with van der Waals surface area (Å²) in [5.41, 5.74) is 1.11. The molecule has 0 bridgehead atoms. The Balaban J connectivity index is 1.96. The van der Waals surface area contributed by atoms with E-state index in [0.29, 0.717) is 6.04 Å². The summed E-state index contributed by atoms with van der Waals surface area (Å²) in [5.74, 6) is 1.59. The van der Waals surface area contributed by atoms with Crippen molar-refractivity contribution in [2.75, 3.05) is 5.32 Å². The van der Waals surface area contributed by atoms with Gasteiger partial charge in [-0.2, -0.15) is 0 Å². The molecule has 0 radical (unpaired) electrons. The largest absolute Gasteiger partial charge is 0.351 e. The summed E-state index contributed by atoms with van der Waals surface area (Å²) < 4.78 is 0. The number of hydrogen-bond acceptors (Lipinski definition) is 3. The maximum atomic E-state index is 4.34. The van der Waals surface area contributed by atoms with E-state index in [1.807, 2.05) is 19.3 Å². The van der Waals surface area contributed by atoms with E-state index in [1.165, 1.54) is 32.1 Å². The van der Waals surface area contributed by atoms with Crippen LogP contribution in [0, 0.1) is 12.8 Å². The lowest BCUT2D eigenvalue weighted by atomic mass is 9.83. The van der Waals surface area contributed by atoms with E-state index >= 15 is 0 Å². The second-order valence-electron chi connectivity index (χ2n) is 5.14. The summed E-state index contributed by atoms with van der Waals surface area (Å²) in [6, 6.07) is 0.540. The predicted octanol–water partition coefficient (Wildman–Crippen LogP) is 3.56. The maximum absolute atomic E-state index is 4.34. The van der Waals surface area contributed by atoms with E-state index in [9.17, 15) is 0 Å².